The fourth-order valence-electron chi connectivity index (χ4n) is 1.57. The van der Waals surface area contributed by atoms with Crippen LogP contribution in [0, 0.1) is 0 Å². The Labute approximate surface area is 107 Å². The van der Waals surface area contributed by atoms with Gasteiger partial charge in [-0.15, -0.1) is 0 Å². The molecule has 0 radical (unpaired) electrons. The number of carbonyl (C=O) groups excluding carboxylic acids is 1. The smallest absolute Gasteiger partial charge is 0.342 e. The number of ether oxygens (including phenoxy) is 1. The van der Waals surface area contributed by atoms with Gasteiger partial charge in [0.15, 0.2) is 0 Å². The third kappa shape index (κ3) is 3.92. The number of phenols is 2. The van der Waals surface area contributed by atoms with Crippen LogP contribution in [0.15, 0.2) is 18.2 Å². The van der Waals surface area contributed by atoms with Crippen molar-refractivity contribution < 1.29 is 19.7 Å². The first-order valence-electron chi connectivity index (χ1n) is 6.00. The first kappa shape index (κ1) is 14.3. The number of carbonyl (C=O) groups is 1. The summed E-state index contributed by atoms with van der Waals surface area (Å²) in [5.41, 5.74) is -0.0189. The Balaban J connectivity index is 2.53. The van der Waals surface area contributed by atoms with Gasteiger partial charge in [0.1, 0.15) is 23.7 Å². The van der Waals surface area contributed by atoms with Crippen LogP contribution in [0.3, 0.4) is 0 Å². The maximum atomic E-state index is 11.7. The molecule has 100 valence electrons. The summed E-state index contributed by atoms with van der Waals surface area (Å²) < 4.78 is 5.05. The number of hydrogen-bond acceptors (Lipinski definition) is 5. The van der Waals surface area contributed by atoms with E-state index in [0.717, 1.165) is 13.1 Å². The highest BCUT2D eigenvalue weighted by Crippen LogP contribution is 2.22. The highest BCUT2D eigenvalue weighted by Gasteiger charge is 2.13. The van der Waals surface area contributed by atoms with Gasteiger partial charge in [-0.25, -0.2) is 4.79 Å². The van der Waals surface area contributed by atoms with Crippen molar-refractivity contribution in [1.29, 1.82) is 0 Å². The van der Waals surface area contributed by atoms with Crippen LogP contribution < -0.4 is 0 Å². The Morgan fingerprint density at radius 3 is 2.56 bits per heavy atom. The van der Waals surface area contributed by atoms with E-state index in [4.69, 9.17) is 4.74 Å². The Hall–Kier alpha value is -1.75. The van der Waals surface area contributed by atoms with E-state index in [-0.39, 0.29) is 23.7 Å². The molecular formula is C13H19NO4. The second-order valence-corrected chi connectivity index (χ2v) is 3.86. The highest BCUT2D eigenvalue weighted by molar-refractivity contribution is 5.92. The molecule has 0 amide bonds. The first-order chi connectivity index (χ1) is 8.58. The molecule has 0 aliphatic carbocycles. The van der Waals surface area contributed by atoms with E-state index in [1.165, 1.54) is 18.2 Å². The molecule has 1 rings (SSSR count). The van der Waals surface area contributed by atoms with Crippen molar-refractivity contribution in [3.8, 4) is 11.5 Å². The predicted octanol–water partition coefficient (Wildman–Crippen LogP) is 1.60. The summed E-state index contributed by atoms with van der Waals surface area (Å²) in [6.07, 6.45) is 0. The minimum atomic E-state index is -0.629. The predicted molar refractivity (Wildman–Crippen MR) is 67.8 cm³/mol. The lowest BCUT2D eigenvalue weighted by molar-refractivity contribution is 0.0463. The molecular weight excluding hydrogens is 234 g/mol. The second-order valence-electron chi connectivity index (χ2n) is 3.86. The van der Waals surface area contributed by atoms with Crippen LogP contribution in [-0.2, 0) is 4.74 Å². The van der Waals surface area contributed by atoms with Gasteiger partial charge in [-0.1, -0.05) is 13.8 Å². The van der Waals surface area contributed by atoms with Gasteiger partial charge in [-0.05, 0) is 31.3 Å². The summed E-state index contributed by atoms with van der Waals surface area (Å²) in [6.45, 7) is 6.77. The minimum Gasteiger partial charge on any atom is -0.508 e. The van der Waals surface area contributed by atoms with Gasteiger partial charge < -0.3 is 19.8 Å². The number of benzene rings is 1. The van der Waals surface area contributed by atoms with Gasteiger partial charge in [-0.3, -0.25) is 0 Å². The molecule has 5 heteroatoms. The summed E-state index contributed by atoms with van der Waals surface area (Å²) in [5.74, 6) is -0.903. The van der Waals surface area contributed by atoms with Crippen LogP contribution in [0.25, 0.3) is 0 Å². The molecule has 0 saturated carbocycles. The summed E-state index contributed by atoms with van der Waals surface area (Å²) in [5, 5.41) is 18.7. The number of likely N-dealkylation sites (N-methyl/N-ethyl adjacent to an activating group) is 1. The van der Waals surface area contributed by atoms with Gasteiger partial charge in [0, 0.05) is 6.54 Å². The van der Waals surface area contributed by atoms with E-state index in [1.54, 1.807) is 0 Å². The number of esters is 1. The van der Waals surface area contributed by atoms with Crippen molar-refractivity contribution >= 4 is 5.97 Å². The third-order valence-electron chi connectivity index (χ3n) is 2.74. The molecule has 0 bridgehead atoms. The molecule has 0 unspecified atom stereocenters. The van der Waals surface area contributed by atoms with Crippen molar-refractivity contribution in [2.75, 3.05) is 26.2 Å². The van der Waals surface area contributed by atoms with Crippen molar-refractivity contribution in [2.24, 2.45) is 0 Å². The largest absolute Gasteiger partial charge is 0.508 e. The van der Waals surface area contributed by atoms with Crippen LogP contribution in [0.4, 0.5) is 0 Å². The normalized spacial score (nSPS) is 10.6. The van der Waals surface area contributed by atoms with E-state index in [9.17, 15) is 15.0 Å². The van der Waals surface area contributed by atoms with Crippen LogP contribution in [0.5, 0.6) is 11.5 Å². The van der Waals surface area contributed by atoms with Crippen molar-refractivity contribution in [1.82, 2.24) is 4.90 Å². The monoisotopic (exact) mass is 253 g/mol. The molecule has 0 aliphatic rings. The maximum Gasteiger partial charge on any atom is 0.342 e. The third-order valence-corrected chi connectivity index (χ3v) is 2.74. The lowest BCUT2D eigenvalue weighted by Crippen LogP contribution is -2.27. The molecule has 0 fully saturated rings. The van der Waals surface area contributed by atoms with Crippen molar-refractivity contribution in [3.05, 3.63) is 23.8 Å². The van der Waals surface area contributed by atoms with Crippen LogP contribution >= 0.6 is 0 Å². The average molecular weight is 253 g/mol. The summed E-state index contributed by atoms with van der Waals surface area (Å²) in [4.78, 5) is 13.8. The molecule has 0 saturated heterocycles. The second kappa shape index (κ2) is 6.86. The Morgan fingerprint density at radius 2 is 1.94 bits per heavy atom. The lowest BCUT2D eigenvalue weighted by Gasteiger charge is -2.17. The maximum absolute atomic E-state index is 11.7. The zero-order valence-electron chi connectivity index (χ0n) is 10.7. The van der Waals surface area contributed by atoms with Crippen molar-refractivity contribution in [2.45, 2.75) is 13.8 Å². The molecule has 0 aromatic heterocycles. The average Bonchev–Trinajstić information content (AvgIpc) is 2.37. The van der Waals surface area contributed by atoms with E-state index in [2.05, 4.69) is 4.90 Å². The fourth-order valence-corrected chi connectivity index (χ4v) is 1.57. The van der Waals surface area contributed by atoms with E-state index >= 15 is 0 Å². The molecule has 1 aromatic carbocycles. The van der Waals surface area contributed by atoms with E-state index < -0.39 is 5.97 Å². The van der Waals surface area contributed by atoms with Crippen LogP contribution in [0.2, 0.25) is 0 Å². The fraction of sp³-hybridized carbons (Fsp3) is 0.462. The number of nitrogens with zero attached hydrogens (tertiary/aromatic N) is 1. The van der Waals surface area contributed by atoms with Gasteiger partial charge in [0.05, 0.1) is 0 Å². The molecule has 5 nitrogen and oxygen atoms in total. The topological polar surface area (TPSA) is 70.0 Å². The standard InChI is InChI=1S/C13H19NO4/c1-3-14(4-2)7-8-18-13(17)11-9-10(15)5-6-12(11)16/h5-6,9,15-16H,3-4,7-8H2,1-2H3. The zero-order valence-corrected chi connectivity index (χ0v) is 10.7. The van der Waals surface area contributed by atoms with Crippen LogP contribution in [0.1, 0.15) is 24.2 Å². The summed E-state index contributed by atoms with van der Waals surface area (Å²) >= 11 is 0. The zero-order chi connectivity index (χ0) is 13.5. The molecule has 18 heavy (non-hydrogen) atoms. The Morgan fingerprint density at radius 1 is 1.28 bits per heavy atom. The summed E-state index contributed by atoms with van der Waals surface area (Å²) in [7, 11) is 0. The molecule has 0 aliphatic heterocycles. The van der Waals surface area contributed by atoms with Crippen molar-refractivity contribution in [3.63, 3.8) is 0 Å². The summed E-state index contributed by atoms with van der Waals surface area (Å²) in [6, 6.07) is 3.76. The van der Waals surface area contributed by atoms with Gasteiger partial charge in [-0.2, -0.15) is 0 Å². The molecule has 2 N–H and O–H groups in total. The number of rotatable bonds is 6. The SMILES string of the molecule is CCN(CC)CCOC(=O)c1cc(O)ccc1O. The van der Waals surface area contributed by atoms with Gasteiger partial charge in [0.25, 0.3) is 0 Å². The number of aromatic hydroxyl groups is 2. The first-order valence-corrected chi connectivity index (χ1v) is 6.00. The Bertz CT molecular complexity index is 402. The lowest BCUT2D eigenvalue weighted by atomic mass is 10.2. The van der Waals surface area contributed by atoms with Gasteiger partial charge in [0.2, 0.25) is 0 Å². The highest BCUT2D eigenvalue weighted by atomic mass is 16.5. The van der Waals surface area contributed by atoms with Crippen LogP contribution in [-0.4, -0.2) is 47.3 Å². The van der Waals surface area contributed by atoms with E-state index in [1.807, 2.05) is 13.8 Å². The number of phenolic OH excluding ortho intramolecular Hbond substituents is 2. The quantitative estimate of drug-likeness (QED) is 0.595. The number of hydrogen-bond donors (Lipinski definition) is 2. The van der Waals surface area contributed by atoms with Gasteiger partial charge >= 0.3 is 5.97 Å². The Kier molecular flexibility index (Phi) is 5.45. The molecule has 0 atom stereocenters. The minimum absolute atomic E-state index is 0.0189. The molecule has 0 heterocycles. The van der Waals surface area contributed by atoms with E-state index in [0.29, 0.717) is 6.54 Å². The molecule has 0 spiro atoms. The molecule has 1 aromatic rings.